The molecule has 0 atom stereocenters. The van der Waals surface area contributed by atoms with Gasteiger partial charge in [-0.2, -0.15) is 0 Å². The van der Waals surface area contributed by atoms with Crippen LogP contribution in [0.1, 0.15) is 0 Å². The predicted molar refractivity (Wildman–Crippen MR) is 96.1 cm³/mol. The van der Waals surface area contributed by atoms with Crippen LogP contribution in [0.2, 0.25) is 0 Å². The van der Waals surface area contributed by atoms with E-state index in [0.717, 1.165) is 0 Å². The van der Waals surface area contributed by atoms with E-state index >= 15 is 5.25 Å². The standard InChI is InChI=1S/3C6H5.2Bi.2FH.3H/c3*1-2-4-6-5-3-1;;;;;;;/h3*1-5H;;;2*1H;;;/q;;;;+2;;;;;/p-2. The SMILES string of the molecule is [BiH3].[F][Bi]([F])([c]1ccccc1)([c]1ccccc1)[c]1ccccc1. The molecule has 0 aliphatic carbocycles. The van der Waals surface area contributed by atoms with Crippen LogP contribution in [0.5, 0.6) is 0 Å². The first-order valence-corrected chi connectivity index (χ1v) is 14.6. The van der Waals surface area contributed by atoms with Crippen LogP contribution in [-0.4, -0.2) is 46.2 Å². The van der Waals surface area contributed by atoms with Crippen molar-refractivity contribution >= 4 is 56.0 Å². The molecule has 0 aliphatic heterocycles. The molecule has 0 spiro atoms. The van der Waals surface area contributed by atoms with Gasteiger partial charge in [0, 0.05) is 0 Å². The molecule has 0 radical (unpaired) electrons. The van der Waals surface area contributed by atoms with Crippen molar-refractivity contribution in [3.63, 3.8) is 0 Å². The van der Waals surface area contributed by atoms with E-state index in [1.54, 1.807) is 91.0 Å². The van der Waals surface area contributed by atoms with Crippen LogP contribution in [-0.2, 0) is 0 Å². The Morgan fingerprint density at radius 3 is 0.909 bits per heavy atom. The predicted octanol–water partition coefficient (Wildman–Crippen LogP) is 1.86. The maximum atomic E-state index is 16.2. The molecule has 0 fully saturated rings. The van der Waals surface area contributed by atoms with Gasteiger partial charge >= 0.3 is 152 Å². The first-order valence-electron chi connectivity index (χ1n) is 6.74. The Morgan fingerprint density at radius 2 is 0.682 bits per heavy atom. The summed E-state index contributed by atoms with van der Waals surface area (Å²) < 4.78 is 33.0. The summed E-state index contributed by atoms with van der Waals surface area (Å²) in [6.45, 7) is 0. The zero-order valence-electron chi connectivity index (χ0n) is 12.1. The van der Waals surface area contributed by atoms with Crippen molar-refractivity contribution in [1.82, 2.24) is 0 Å². The normalized spacial score (nSPS) is 12.7. The number of benzene rings is 3. The summed E-state index contributed by atoms with van der Waals surface area (Å²) in [5.74, 6) is 0. The topological polar surface area (TPSA) is 0 Å². The van der Waals surface area contributed by atoms with Crippen LogP contribution in [0.3, 0.4) is 0 Å². The minimum atomic E-state index is -6.51. The molecule has 3 rings (SSSR count). The Hall–Kier alpha value is -0.714. The molecule has 0 amide bonds. The van der Waals surface area contributed by atoms with Gasteiger partial charge in [-0.15, -0.1) is 0 Å². The van der Waals surface area contributed by atoms with Crippen molar-refractivity contribution < 1.29 is 5.25 Å². The van der Waals surface area contributed by atoms with Crippen LogP contribution < -0.4 is 9.81 Å². The molecule has 0 saturated carbocycles. The summed E-state index contributed by atoms with van der Waals surface area (Å²) in [7, 11) is 0. The van der Waals surface area contributed by atoms with Gasteiger partial charge in [-0.05, 0) is 0 Å². The van der Waals surface area contributed by atoms with Crippen molar-refractivity contribution in [3.05, 3.63) is 91.0 Å². The summed E-state index contributed by atoms with van der Waals surface area (Å²) in [5.41, 5.74) is 0. The third-order valence-electron chi connectivity index (χ3n) is 3.63. The Balaban J connectivity index is 0.00000176. The van der Waals surface area contributed by atoms with E-state index in [1.165, 1.54) is 0 Å². The first-order chi connectivity index (χ1) is 10.1. The second-order valence-corrected chi connectivity index (χ2v) is 18.0. The van der Waals surface area contributed by atoms with Gasteiger partial charge in [0.1, 0.15) is 0 Å². The van der Waals surface area contributed by atoms with Crippen molar-refractivity contribution in [2.24, 2.45) is 0 Å². The quantitative estimate of drug-likeness (QED) is 0.369. The Morgan fingerprint density at radius 1 is 0.455 bits per heavy atom. The summed E-state index contributed by atoms with van der Waals surface area (Å²) in [5, 5.41) is 0. The van der Waals surface area contributed by atoms with E-state index in [9.17, 15) is 0 Å². The van der Waals surface area contributed by atoms with E-state index in [2.05, 4.69) is 0 Å². The van der Waals surface area contributed by atoms with Crippen LogP contribution in [0.15, 0.2) is 91.0 Å². The molecule has 4 heteroatoms. The molecule has 0 saturated heterocycles. The van der Waals surface area contributed by atoms with Crippen molar-refractivity contribution in [3.8, 4) is 0 Å². The van der Waals surface area contributed by atoms with Gasteiger partial charge in [-0.1, -0.05) is 0 Å². The Kier molecular flexibility index (Phi) is 5.46. The van der Waals surface area contributed by atoms with Gasteiger partial charge in [0.15, 0.2) is 0 Å². The van der Waals surface area contributed by atoms with Gasteiger partial charge in [-0.3, -0.25) is 0 Å². The summed E-state index contributed by atoms with van der Waals surface area (Å²) in [6, 6.07) is 24.8. The fraction of sp³-hybridized carbons (Fsp3) is 0. The maximum absolute atomic E-state index is 16.2. The van der Waals surface area contributed by atoms with Gasteiger partial charge < -0.3 is 0 Å². The van der Waals surface area contributed by atoms with E-state index in [4.69, 9.17) is 0 Å². The molecular weight excluding hydrogens is 672 g/mol. The molecule has 3 aromatic carbocycles. The molecule has 0 aliphatic rings. The zero-order valence-corrected chi connectivity index (χ0v) is 21.0. The number of rotatable bonds is 3. The monoisotopic (exact) mass is 690 g/mol. The third-order valence-corrected chi connectivity index (χ3v) is 17.7. The first kappa shape index (κ1) is 17.6. The Labute approximate surface area is 151 Å². The van der Waals surface area contributed by atoms with Crippen LogP contribution in [0.25, 0.3) is 0 Å². The fourth-order valence-electron chi connectivity index (χ4n) is 2.52. The molecule has 0 aromatic heterocycles. The van der Waals surface area contributed by atoms with Crippen LogP contribution in [0.4, 0.5) is 5.25 Å². The molecule has 22 heavy (non-hydrogen) atoms. The van der Waals surface area contributed by atoms with Gasteiger partial charge in [0.05, 0.1) is 0 Å². The van der Waals surface area contributed by atoms with Gasteiger partial charge in [0.2, 0.25) is 0 Å². The van der Waals surface area contributed by atoms with E-state index in [-0.39, 0.29) is 36.0 Å². The second-order valence-electron chi connectivity index (χ2n) is 4.91. The zero-order chi connectivity index (χ0) is 14.8. The molecule has 0 nitrogen and oxygen atoms in total. The molecule has 0 N–H and O–H groups in total. The molecule has 0 bridgehead atoms. The van der Waals surface area contributed by atoms with Crippen LogP contribution in [0, 0.1) is 0 Å². The molecular formula is C18H18Bi2F2. The number of hydrogen-bond donors (Lipinski definition) is 0. The van der Waals surface area contributed by atoms with E-state index < -0.39 is 20.0 Å². The van der Waals surface area contributed by atoms with Crippen LogP contribution >= 0.6 is 0 Å². The minimum absolute atomic E-state index is 0. The molecule has 0 heterocycles. The van der Waals surface area contributed by atoms with Crippen molar-refractivity contribution in [1.29, 1.82) is 0 Å². The molecule has 0 unspecified atom stereocenters. The van der Waals surface area contributed by atoms with E-state index in [1.807, 2.05) is 0 Å². The summed E-state index contributed by atoms with van der Waals surface area (Å²) >= 11 is -6.51. The second kappa shape index (κ2) is 6.81. The summed E-state index contributed by atoms with van der Waals surface area (Å²) in [4.78, 5) is 0. The van der Waals surface area contributed by atoms with Gasteiger partial charge in [0.25, 0.3) is 0 Å². The third kappa shape index (κ3) is 2.88. The van der Waals surface area contributed by atoms with Gasteiger partial charge in [-0.25, -0.2) is 0 Å². The summed E-state index contributed by atoms with van der Waals surface area (Å²) in [6.07, 6.45) is 0. The fourth-order valence-corrected chi connectivity index (χ4v) is 14.1. The Bertz CT molecular complexity index is 625. The number of hydrogen-bond acceptors (Lipinski definition) is 0. The molecule has 3 aromatic rings. The average molecular weight is 690 g/mol. The average Bonchev–Trinajstić information content (AvgIpc) is 2.57. The number of halogens is 2. The van der Waals surface area contributed by atoms with Crippen molar-refractivity contribution in [2.75, 3.05) is 0 Å². The van der Waals surface area contributed by atoms with Crippen molar-refractivity contribution in [2.45, 2.75) is 0 Å². The molecule has 114 valence electrons. The van der Waals surface area contributed by atoms with E-state index in [0.29, 0.717) is 0 Å².